The molecule has 2 amide bonds. The number of hydrogen-bond donors (Lipinski definition) is 1. The maximum absolute atomic E-state index is 12.4. The number of hydrogen-bond acceptors (Lipinski definition) is 4. The maximum atomic E-state index is 12.4. The smallest absolute Gasteiger partial charge is 0.414 e. The van der Waals surface area contributed by atoms with Gasteiger partial charge >= 0.3 is 6.09 Å². The van der Waals surface area contributed by atoms with Gasteiger partial charge in [0.25, 0.3) is 0 Å². The van der Waals surface area contributed by atoms with Crippen molar-refractivity contribution in [1.29, 1.82) is 0 Å². The molecule has 2 aromatic carbocycles. The molecule has 0 aliphatic carbocycles. The van der Waals surface area contributed by atoms with Crippen LogP contribution in [0.4, 0.5) is 10.5 Å². The third-order valence-corrected chi connectivity index (χ3v) is 4.94. The molecule has 1 N–H and O–H groups in total. The summed E-state index contributed by atoms with van der Waals surface area (Å²) in [5, 5.41) is 2.66. The van der Waals surface area contributed by atoms with Crippen LogP contribution in [0.1, 0.15) is 6.92 Å². The summed E-state index contributed by atoms with van der Waals surface area (Å²) in [4.78, 5) is 37.1. The van der Waals surface area contributed by atoms with E-state index in [0.717, 1.165) is 11.1 Å². The Morgan fingerprint density at radius 2 is 1.63 bits per heavy atom. The van der Waals surface area contributed by atoms with Gasteiger partial charge in [0, 0.05) is 25.0 Å². The highest BCUT2D eigenvalue weighted by Crippen LogP contribution is 2.26. The van der Waals surface area contributed by atoms with E-state index in [-0.39, 0.29) is 24.0 Å². The number of ether oxygens (including phenoxy) is 1. The van der Waals surface area contributed by atoms with E-state index in [1.54, 1.807) is 27.7 Å². The van der Waals surface area contributed by atoms with E-state index in [4.69, 9.17) is 4.74 Å². The Labute approximate surface area is 173 Å². The van der Waals surface area contributed by atoms with Crippen molar-refractivity contribution in [3.63, 3.8) is 0 Å². The molecule has 30 heavy (non-hydrogen) atoms. The summed E-state index contributed by atoms with van der Waals surface area (Å²) in [7, 11) is 0. The fourth-order valence-corrected chi connectivity index (χ4v) is 3.39. The van der Waals surface area contributed by atoms with Crippen LogP contribution in [0.15, 0.2) is 77.9 Å². The summed E-state index contributed by atoms with van der Waals surface area (Å²) in [5.74, 6) is -0.161. The van der Waals surface area contributed by atoms with E-state index in [1.807, 2.05) is 54.9 Å². The van der Waals surface area contributed by atoms with E-state index in [2.05, 4.69) is 5.32 Å². The second-order valence-corrected chi connectivity index (χ2v) is 7.06. The van der Waals surface area contributed by atoms with Crippen LogP contribution in [-0.4, -0.2) is 35.8 Å². The summed E-state index contributed by atoms with van der Waals surface area (Å²) >= 11 is 0. The summed E-state index contributed by atoms with van der Waals surface area (Å²) in [6, 6.07) is 18.3. The molecule has 4 rings (SSSR count). The van der Waals surface area contributed by atoms with Gasteiger partial charge in [-0.05, 0) is 47.5 Å². The van der Waals surface area contributed by atoms with Crippen molar-refractivity contribution in [2.75, 3.05) is 18.0 Å². The Balaban J connectivity index is 1.53. The number of nitrogens with one attached hydrogen (secondary N) is 1. The number of nitrogens with zero attached hydrogens (tertiary/aromatic N) is 2. The van der Waals surface area contributed by atoms with Crippen LogP contribution in [0.3, 0.4) is 0 Å². The van der Waals surface area contributed by atoms with Crippen LogP contribution in [0.5, 0.6) is 0 Å². The number of anilines is 1. The third-order valence-electron chi connectivity index (χ3n) is 4.94. The van der Waals surface area contributed by atoms with E-state index < -0.39 is 6.09 Å². The van der Waals surface area contributed by atoms with Crippen LogP contribution in [0.2, 0.25) is 0 Å². The normalized spacial score (nSPS) is 15.7. The first kappa shape index (κ1) is 19.4. The lowest BCUT2D eigenvalue weighted by Crippen LogP contribution is -2.33. The number of aromatic nitrogens is 1. The van der Waals surface area contributed by atoms with Crippen molar-refractivity contribution >= 4 is 17.7 Å². The molecule has 0 saturated carbocycles. The number of carbonyl (C=O) groups excluding carboxylic acids is 2. The molecule has 7 nitrogen and oxygen atoms in total. The molecule has 0 spiro atoms. The van der Waals surface area contributed by atoms with Gasteiger partial charge in [-0.15, -0.1) is 0 Å². The van der Waals surface area contributed by atoms with Gasteiger partial charge in [0.2, 0.25) is 11.3 Å². The molecule has 1 aromatic heterocycles. The molecule has 1 fully saturated rings. The Morgan fingerprint density at radius 3 is 2.30 bits per heavy atom. The van der Waals surface area contributed by atoms with E-state index in [1.165, 1.54) is 6.92 Å². The van der Waals surface area contributed by atoms with Gasteiger partial charge in [0.15, 0.2) is 0 Å². The predicted molar refractivity (Wildman–Crippen MR) is 114 cm³/mol. The van der Waals surface area contributed by atoms with Gasteiger partial charge in [0.05, 0.1) is 18.8 Å². The van der Waals surface area contributed by atoms with Crippen molar-refractivity contribution in [2.24, 2.45) is 0 Å². The van der Waals surface area contributed by atoms with Crippen LogP contribution in [0, 0.1) is 0 Å². The molecule has 0 bridgehead atoms. The molecular formula is C23H21N3O4. The second-order valence-electron chi connectivity index (χ2n) is 7.06. The van der Waals surface area contributed by atoms with Crippen molar-refractivity contribution < 1.29 is 14.3 Å². The Kier molecular flexibility index (Phi) is 5.34. The van der Waals surface area contributed by atoms with Crippen molar-refractivity contribution in [3.8, 4) is 16.8 Å². The minimum atomic E-state index is -0.434. The summed E-state index contributed by atoms with van der Waals surface area (Å²) in [5.41, 5.74) is 3.04. The first-order valence-corrected chi connectivity index (χ1v) is 9.62. The summed E-state index contributed by atoms with van der Waals surface area (Å²) in [6.45, 7) is 2.09. The number of rotatable bonds is 5. The molecule has 1 saturated heterocycles. The zero-order valence-electron chi connectivity index (χ0n) is 16.4. The van der Waals surface area contributed by atoms with Gasteiger partial charge < -0.3 is 14.6 Å². The van der Waals surface area contributed by atoms with Crippen LogP contribution in [0.25, 0.3) is 16.8 Å². The fraction of sp³-hybridized carbons (Fsp3) is 0.174. The number of benzene rings is 1. The molecule has 3 aromatic rings. The Bertz CT molecular complexity index is 1120. The number of amides is 2. The van der Waals surface area contributed by atoms with E-state index in [9.17, 15) is 14.4 Å². The molecule has 152 valence electrons. The predicted octanol–water partition coefficient (Wildman–Crippen LogP) is 2.97. The molecular weight excluding hydrogens is 382 g/mol. The first-order chi connectivity index (χ1) is 14.5. The van der Waals surface area contributed by atoms with Gasteiger partial charge in [-0.25, -0.2) is 4.79 Å². The quantitative estimate of drug-likeness (QED) is 0.710. The summed E-state index contributed by atoms with van der Waals surface area (Å²) < 4.78 is 7.09. The lowest BCUT2D eigenvalue weighted by atomic mass is 10.1. The molecule has 7 heteroatoms. The number of cyclic esters (lactones) is 1. The largest absolute Gasteiger partial charge is 0.442 e. The van der Waals surface area contributed by atoms with Crippen LogP contribution < -0.4 is 15.6 Å². The van der Waals surface area contributed by atoms with Gasteiger partial charge in [-0.3, -0.25) is 14.5 Å². The highest BCUT2D eigenvalue weighted by atomic mass is 16.6. The molecule has 1 aliphatic heterocycles. The average molecular weight is 403 g/mol. The first-order valence-electron chi connectivity index (χ1n) is 9.62. The zero-order valence-corrected chi connectivity index (χ0v) is 16.4. The van der Waals surface area contributed by atoms with E-state index >= 15 is 0 Å². The topological polar surface area (TPSA) is 80.6 Å². The van der Waals surface area contributed by atoms with Crippen molar-refractivity contribution in [3.05, 3.63) is 83.3 Å². The minimum Gasteiger partial charge on any atom is -0.442 e. The lowest BCUT2D eigenvalue weighted by Gasteiger charge is -2.13. The van der Waals surface area contributed by atoms with Gasteiger partial charge in [-0.1, -0.05) is 24.3 Å². The van der Waals surface area contributed by atoms with E-state index in [0.29, 0.717) is 17.9 Å². The lowest BCUT2D eigenvalue weighted by molar-refractivity contribution is -0.119. The average Bonchev–Trinajstić information content (AvgIpc) is 3.35. The number of carbonyl (C=O) groups is 2. The second kappa shape index (κ2) is 8.24. The fourth-order valence-electron chi connectivity index (χ4n) is 3.39. The molecule has 2 heterocycles. The third kappa shape index (κ3) is 4.10. The molecule has 0 radical (unpaired) electrons. The van der Waals surface area contributed by atoms with Crippen molar-refractivity contribution in [2.45, 2.75) is 13.0 Å². The van der Waals surface area contributed by atoms with Gasteiger partial charge in [-0.2, -0.15) is 0 Å². The maximum Gasteiger partial charge on any atom is 0.414 e. The van der Waals surface area contributed by atoms with Crippen LogP contribution in [-0.2, 0) is 9.53 Å². The van der Waals surface area contributed by atoms with Gasteiger partial charge in [0.1, 0.15) is 6.10 Å². The molecule has 1 aliphatic rings. The Hall–Kier alpha value is -3.87. The standard InChI is InChI=1S/C23H21N3O4/c1-16(27)24-14-20-15-26(23(29)30-20)19-8-4-17(5-9-19)18-6-10-21(22(28)11-7-18)25-12-2-3-13-25/h2-13,20H,14-15H2,1H3,(H,24,27). The monoisotopic (exact) mass is 403 g/mol. The highest BCUT2D eigenvalue weighted by molar-refractivity contribution is 5.90. The summed E-state index contributed by atoms with van der Waals surface area (Å²) in [6.07, 6.45) is 2.85. The minimum absolute atomic E-state index is 0.0703. The van der Waals surface area contributed by atoms with Crippen LogP contribution >= 0.6 is 0 Å². The Morgan fingerprint density at radius 1 is 1.00 bits per heavy atom. The molecule has 1 unspecified atom stereocenters. The van der Waals surface area contributed by atoms with Crippen molar-refractivity contribution in [1.82, 2.24) is 9.88 Å². The molecule has 1 atom stereocenters. The SMILES string of the molecule is CC(=O)NCC1CN(c2ccc(-c3ccc(-n4cccc4)c(=O)cc3)cc2)C(=O)O1. The zero-order chi connectivity index (χ0) is 21.1. The highest BCUT2D eigenvalue weighted by Gasteiger charge is 2.32.